The fraction of sp³-hybridized carbons (Fsp3) is 0.933. The predicted octanol–water partition coefficient (Wildman–Crippen LogP) is 3.14. The van der Waals surface area contributed by atoms with E-state index in [0.29, 0.717) is 12.0 Å². The lowest BCUT2D eigenvalue weighted by atomic mass is 9.68. The lowest BCUT2D eigenvalue weighted by molar-refractivity contribution is -0.148. The third-order valence-electron chi connectivity index (χ3n) is 5.03. The molecule has 0 radical (unpaired) electrons. The van der Waals surface area contributed by atoms with E-state index >= 15 is 0 Å². The minimum absolute atomic E-state index is 0.613. The molecule has 2 fully saturated rings. The maximum Gasteiger partial charge on any atom is 0.310 e. The predicted molar refractivity (Wildman–Crippen MR) is 72.6 cm³/mol. The highest BCUT2D eigenvalue weighted by atomic mass is 16.4. The number of aliphatic carboxylic acids is 1. The summed E-state index contributed by atoms with van der Waals surface area (Å²) in [5.41, 5.74) is -0.000809. The molecule has 0 amide bonds. The molecular weight excluding hydrogens is 226 g/mol. The number of likely N-dealkylation sites (tertiary alicyclic amines) is 1. The van der Waals surface area contributed by atoms with Gasteiger partial charge >= 0.3 is 5.97 Å². The van der Waals surface area contributed by atoms with E-state index in [0.717, 1.165) is 13.1 Å². The quantitative estimate of drug-likeness (QED) is 0.840. The molecule has 3 heteroatoms. The maximum absolute atomic E-state index is 11.2. The fourth-order valence-electron chi connectivity index (χ4n) is 3.61. The Hall–Kier alpha value is -0.570. The van der Waals surface area contributed by atoms with Crippen LogP contribution in [0.5, 0.6) is 0 Å². The summed E-state index contributed by atoms with van der Waals surface area (Å²) >= 11 is 0. The van der Waals surface area contributed by atoms with Crippen LogP contribution in [0.15, 0.2) is 0 Å². The molecule has 1 saturated carbocycles. The first-order valence-corrected chi connectivity index (χ1v) is 7.39. The van der Waals surface area contributed by atoms with Crippen molar-refractivity contribution in [2.45, 2.75) is 58.8 Å². The second-order valence-electron chi connectivity index (χ2n) is 7.03. The number of hydrogen-bond donors (Lipinski definition) is 1. The Morgan fingerprint density at radius 3 is 2.17 bits per heavy atom. The molecule has 2 rings (SSSR count). The van der Waals surface area contributed by atoms with Gasteiger partial charge in [0.2, 0.25) is 0 Å². The molecule has 1 N–H and O–H groups in total. The Kier molecular flexibility index (Phi) is 4.00. The van der Waals surface area contributed by atoms with E-state index in [-0.39, 0.29) is 0 Å². The minimum atomic E-state index is -0.680. The van der Waals surface area contributed by atoms with E-state index in [1.54, 1.807) is 0 Å². The van der Waals surface area contributed by atoms with Crippen LogP contribution in [0.25, 0.3) is 0 Å². The molecule has 1 aliphatic carbocycles. The Labute approximate surface area is 111 Å². The summed E-state index contributed by atoms with van der Waals surface area (Å²) in [5.74, 6) is -0.680. The molecule has 3 nitrogen and oxygen atoms in total. The van der Waals surface area contributed by atoms with Gasteiger partial charge in [-0.15, -0.1) is 0 Å². The number of carboxylic acid groups (broad SMARTS) is 1. The van der Waals surface area contributed by atoms with E-state index in [9.17, 15) is 9.90 Å². The maximum atomic E-state index is 11.2. The first-order valence-electron chi connectivity index (χ1n) is 7.39. The lowest BCUT2D eigenvalue weighted by Crippen LogP contribution is -2.46. The highest BCUT2D eigenvalue weighted by Gasteiger charge is 2.37. The van der Waals surface area contributed by atoms with Crippen LogP contribution < -0.4 is 0 Å². The second kappa shape index (κ2) is 5.20. The summed E-state index contributed by atoms with van der Waals surface area (Å²) in [7, 11) is 0. The summed E-state index contributed by atoms with van der Waals surface area (Å²) in [4.78, 5) is 13.5. The van der Waals surface area contributed by atoms with Crippen molar-refractivity contribution in [3.8, 4) is 0 Å². The van der Waals surface area contributed by atoms with Crippen LogP contribution in [0.4, 0.5) is 0 Å². The van der Waals surface area contributed by atoms with Crippen molar-refractivity contribution in [3.05, 3.63) is 0 Å². The molecule has 0 atom stereocenters. The average Bonchev–Trinajstić information content (AvgIpc) is 2.33. The molecule has 0 aromatic heterocycles. The molecule has 18 heavy (non-hydrogen) atoms. The van der Waals surface area contributed by atoms with Crippen molar-refractivity contribution in [2.24, 2.45) is 10.8 Å². The molecular formula is C15H27NO2. The topological polar surface area (TPSA) is 40.5 Å². The van der Waals surface area contributed by atoms with E-state index in [1.165, 1.54) is 44.9 Å². The van der Waals surface area contributed by atoms with Gasteiger partial charge < -0.3 is 10.0 Å². The van der Waals surface area contributed by atoms with Crippen LogP contribution in [0.2, 0.25) is 0 Å². The third kappa shape index (κ3) is 3.05. The van der Waals surface area contributed by atoms with E-state index in [4.69, 9.17) is 0 Å². The first-order chi connectivity index (χ1) is 8.44. The van der Waals surface area contributed by atoms with Gasteiger partial charge in [0.25, 0.3) is 0 Å². The summed E-state index contributed by atoms with van der Waals surface area (Å²) in [6.07, 6.45) is 9.59. The third-order valence-corrected chi connectivity index (χ3v) is 5.03. The molecule has 2 aliphatic rings. The molecule has 0 aromatic carbocycles. The zero-order valence-electron chi connectivity index (χ0n) is 11.9. The van der Waals surface area contributed by atoms with E-state index in [1.807, 2.05) is 13.8 Å². The zero-order chi connectivity index (χ0) is 13.2. The highest BCUT2D eigenvalue weighted by Crippen LogP contribution is 2.44. The molecule has 0 aromatic rings. The van der Waals surface area contributed by atoms with Crippen LogP contribution >= 0.6 is 0 Å². The van der Waals surface area contributed by atoms with Gasteiger partial charge in [0.15, 0.2) is 0 Å². The van der Waals surface area contributed by atoms with Crippen LogP contribution in [-0.4, -0.2) is 35.6 Å². The largest absolute Gasteiger partial charge is 0.481 e. The van der Waals surface area contributed by atoms with E-state index in [2.05, 4.69) is 4.90 Å². The minimum Gasteiger partial charge on any atom is -0.481 e. The van der Waals surface area contributed by atoms with Crippen LogP contribution in [0.1, 0.15) is 58.8 Å². The second-order valence-corrected chi connectivity index (χ2v) is 7.03. The van der Waals surface area contributed by atoms with Crippen LogP contribution in [0.3, 0.4) is 0 Å². The number of carboxylic acids is 1. The van der Waals surface area contributed by atoms with Crippen LogP contribution in [-0.2, 0) is 4.79 Å². The lowest BCUT2D eigenvalue weighted by Gasteiger charge is -2.45. The number of carbonyl (C=O) groups is 1. The summed E-state index contributed by atoms with van der Waals surface area (Å²) in [6, 6.07) is 0. The van der Waals surface area contributed by atoms with Gasteiger partial charge in [0, 0.05) is 6.54 Å². The van der Waals surface area contributed by atoms with Gasteiger partial charge in [-0.25, -0.2) is 0 Å². The number of piperidine rings is 1. The Morgan fingerprint density at radius 1 is 1.11 bits per heavy atom. The number of rotatable bonds is 3. The van der Waals surface area contributed by atoms with Crippen molar-refractivity contribution in [3.63, 3.8) is 0 Å². The van der Waals surface area contributed by atoms with E-state index < -0.39 is 11.4 Å². The molecule has 104 valence electrons. The SMILES string of the molecule is CC(C)(CN1CCC2(CCCCC2)CC1)C(=O)O. The van der Waals surface area contributed by atoms with Crippen molar-refractivity contribution in [1.82, 2.24) is 4.90 Å². The first kappa shape index (κ1) is 13.9. The Balaban J connectivity index is 1.85. The number of hydrogen-bond acceptors (Lipinski definition) is 2. The van der Waals surface area contributed by atoms with Gasteiger partial charge in [-0.1, -0.05) is 19.3 Å². The van der Waals surface area contributed by atoms with Gasteiger partial charge in [-0.2, -0.15) is 0 Å². The van der Waals surface area contributed by atoms with Crippen molar-refractivity contribution in [2.75, 3.05) is 19.6 Å². The molecule has 1 heterocycles. The molecule has 1 saturated heterocycles. The monoisotopic (exact) mass is 253 g/mol. The standard InChI is InChI=1S/C15H27NO2/c1-14(2,13(17)18)12-16-10-8-15(9-11-16)6-4-3-5-7-15/h3-12H2,1-2H3,(H,17,18). The molecule has 0 unspecified atom stereocenters. The summed E-state index contributed by atoms with van der Waals surface area (Å²) in [5, 5.41) is 9.19. The highest BCUT2D eigenvalue weighted by molar-refractivity contribution is 5.73. The van der Waals surface area contributed by atoms with Gasteiger partial charge in [0.1, 0.15) is 0 Å². The van der Waals surface area contributed by atoms with Crippen molar-refractivity contribution in [1.29, 1.82) is 0 Å². The van der Waals surface area contributed by atoms with Gasteiger partial charge in [0.05, 0.1) is 5.41 Å². The molecule has 0 bridgehead atoms. The normalized spacial score (nSPS) is 25.2. The van der Waals surface area contributed by atoms with Crippen LogP contribution in [0, 0.1) is 10.8 Å². The fourth-order valence-corrected chi connectivity index (χ4v) is 3.61. The molecule has 1 aliphatic heterocycles. The summed E-state index contributed by atoms with van der Waals surface area (Å²) < 4.78 is 0. The Bertz CT molecular complexity index is 296. The average molecular weight is 253 g/mol. The van der Waals surface area contributed by atoms with Crippen molar-refractivity contribution >= 4 is 5.97 Å². The van der Waals surface area contributed by atoms with Gasteiger partial charge in [-0.3, -0.25) is 4.79 Å². The van der Waals surface area contributed by atoms with Crippen molar-refractivity contribution < 1.29 is 9.90 Å². The zero-order valence-corrected chi connectivity index (χ0v) is 11.9. The van der Waals surface area contributed by atoms with Gasteiger partial charge in [-0.05, 0) is 58.0 Å². The molecule has 1 spiro atoms. The smallest absolute Gasteiger partial charge is 0.310 e. The number of nitrogens with zero attached hydrogens (tertiary/aromatic N) is 1. The summed E-state index contributed by atoms with van der Waals surface area (Å²) in [6.45, 7) is 6.55. The Morgan fingerprint density at radius 2 is 1.67 bits per heavy atom.